The summed E-state index contributed by atoms with van der Waals surface area (Å²) < 4.78 is 1.12. The summed E-state index contributed by atoms with van der Waals surface area (Å²) in [7, 11) is 1.65. The highest BCUT2D eigenvalue weighted by Crippen LogP contribution is 2.24. The lowest BCUT2D eigenvalue weighted by Crippen LogP contribution is -2.20. The highest BCUT2D eigenvalue weighted by Gasteiger charge is 2.07. The minimum absolute atomic E-state index is 0.0200. The molecule has 0 aliphatic carbocycles. The van der Waals surface area contributed by atoms with E-state index in [1.165, 1.54) is 4.88 Å². The van der Waals surface area contributed by atoms with Gasteiger partial charge in [0.1, 0.15) is 0 Å². The van der Waals surface area contributed by atoms with Crippen LogP contribution in [0.25, 0.3) is 0 Å². The van der Waals surface area contributed by atoms with E-state index in [9.17, 15) is 4.79 Å². The third-order valence-corrected chi connectivity index (χ3v) is 4.70. The molecule has 0 aliphatic heterocycles. The van der Waals surface area contributed by atoms with Gasteiger partial charge in [0.05, 0.1) is 13.0 Å². The summed E-state index contributed by atoms with van der Waals surface area (Å²) in [6, 6.07) is 9.93. The van der Waals surface area contributed by atoms with Gasteiger partial charge in [-0.2, -0.15) is 0 Å². The Balaban J connectivity index is 2.07. The number of carbonyl (C=O) groups is 1. The number of amides is 1. The number of para-hydroxylation sites is 1. The Kier molecular flexibility index (Phi) is 4.99. The van der Waals surface area contributed by atoms with Gasteiger partial charge in [-0.15, -0.1) is 11.3 Å². The number of hydrogen-bond acceptors (Lipinski definition) is 3. The van der Waals surface area contributed by atoms with E-state index in [0.29, 0.717) is 6.42 Å². The van der Waals surface area contributed by atoms with Gasteiger partial charge in [0, 0.05) is 22.1 Å². The number of halogens is 1. The van der Waals surface area contributed by atoms with Crippen molar-refractivity contribution in [3.63, 3.8) is 0 Å². The molecule has 0 unspecified atom stereocenters. The number of likely N-dealkylation sites (N-methyl/N-ethyl adjacent to an activating group) is 1. The Morgan fingerprint density at radius 3 is 2.79 bits per heavy atom. The molecule has 1 amide bonds. The summed E-state index contributed by atoms with van der Waals surface area (Å²) in [5.41, 5.74) is 2.01. The second-order valence-corrected chi connectivity index (χ2v) is 5.91. The molecule has 1 aromatic carbocycles. The van der Waals surface area contributed by atoms with Crippen molar-refractivity contribution in [2.24, 2.45) is 0 Å². The Morgan fingerprint density at radius 2 is 2.11 bits per heavy atom. The molecule has 2 rings (SSSR count). The van der Waals surface area contributed by atoms with Gasteiger partial charge in [0.15, 0.2) is 0 Å². The van der Waals surface area contributed by atoms with Gasteiger partial charge in [-0.05, 0) is 39.0 Å². The molecule has 1 heterocycles. The molecule has 2 N–H and O–H groups in total. The number of nitrogens with one attached hydrogen (secondary N) is 2. The molecule has 0 bridgehead atoms. The lowest BCUT2D eigenvalue weighted by molar-refractivity contribution is -0.119. The SMILES string of the molecule is CNC(=O)Cc1ccccc1NCc1sccc1Br. The van der Waals surface area contributed by atoms with Crippen LogP contribution in [0.5, 0.6) is 0 Å². The third kappa shape index (κ3) is 3.81. The maximum absolute atomic E-state index is 11.5. The summed E-state index contributed by atoms with van der Waals surface area (Å²) in [6.45, 7) is 0.753. The summed E-state index contributed by atoms with van der Waals surface area (Å²) in [4.78, 5) is 12.7. The molecular formula is C14H15BrN2OS. The average molecular weight is 339 g/mol. The van der Waals surface area contributed by atoms with Crippen LogP contribution in [0, 0.1) is 0 Å². The molecule has 1 aromatic heterocycles. The van der Waals surface area contributed by atoms with Crippen molar-refractivity contribution in [1.82, 2.24) is 5.32 Å². The number of thiophene rings is 1. The monoisotopic (exact) mass is 338 g/mol. The zero-order chi connectivity index (χ0) is 13.7. The maximum atomic E-state index is 11.5. The summed E-state index contributed by atoms with van der Waals surface area (Å²) in [6.07, 6.45) is 0.394. The number of hydrogen-bond donors (Lipinski definition) is 2. The normalized spacial score (nSPS) is 10.2. The molecular weight excluding hydrogens is 324 g/mol. The van der Waals surface area contributed by atoms with Gasteiger partial charge in [-0.1, -0.05) is 18.2 Å². The first-order valence-electron chi connectivity index (χ1n) is 5.95. The first kappa shape index (κ1) is 14.1. The number of rotatable bonds is 5. The first-order chi connectivity index (χ1) is 9.20. The fourth-order valence-electron chi connectivity index (χ4n) is 1.74. The molecule has 0 saturated carbocycles. The van der Waals surface area contributed by atoms with Crippen molar-refractivity contribution in [3.05, 3.63) is 50.6 Å². The van der Waals surface area contributed by atoms with Crippen molar-refractivity contribution >= 4 is 38.9 Å². The quantitative estimate of drug-likeness (QED) is 0.877. The maximum Gasteiger partial charge on any atom is 0.224 e. The van der Waals surface area contributed by atoms with Crippen LogP contribution in [-0.4, -0.2) is 13.0 Å². The van der Waals surface area contributed by atoms with Crippen molar-refractivity contribution in [2.75, 3.05) is 12.4 Å². The lowest BCUT2D eigenvalue weighted by Gasteiger charge is -2.11. The Hall–Kier alpha value is -1.33. The Bertz CT molecular complexity index is 568. The number of anilines is 1. The average Bonchev–Trinajstić information content (AvgIpc) is 2.83. The van der Waals surface area contributed by atoms with Crippen LogP contribution in [0.4, 0.5) is 5.69 Å². The topological polar surface area (TPSA) is 41.1 Å². The van der Waals surface area contributed by atoms with E-state index in [4.69, 9.17) is 0 Å². The second-order valence-electron chi connectivity index (χ2n) is 4.05. The zero-order valence-electron chi connectivity index (χ0n) is 10.6. The largest absolute Gasteiger partial charge is 0.380 e. The Labute approximate surface area is 125 Å². The molecule has 0 radical (unpaired) electrons. The fourth-order valence-corrected chi connectivity index (χ4v) is 3.17. The molecule has 0 atom stereocenters. The van der Waals surface area contributed by atoms with Crippen LogP contribution in [0.1, 0.15) is 10.4 Å². The smallest absolute Gasteiger partial charge is 0.224 e. The number of carbonyl (C=O) groups excluding carboxylic acids is 1. The van der Waals surface area contributed by atoms with E-state index in [1.54, 1.807) is 18.4 Å². The van der Waals surface area contributed by atoms with E-state index in [2.05, 4.69) is 31.9 Å². The van der Waals surface area contributed by atoms with Gasteiger partial charge < -0.3 is 10.6 Å². The predicted octanol–water partition coefficient (Wildman–Crippen LogP) is 3.41. The first-order valence-corrected chi connectivity index (χ1v) is 7.62. The molecule has 3 nitrogen and oxygen atoms in total. The van der Waals surface area contributed by atoms with Gasteiger partial charge in [0.2, 0.25) is 5.91 Å². The molecule has 19 heavy (non-hydrogen) atoms. The Morgan fingerprint density at radius 1 is 1.32 bits per heavy atom. The number of benzene rings is 1. The molecule has 0 saturated heterocycles. The third-order valence-electron chi connectivity index (χ3n) is 2.78. The van der Waals surface area contributed by atoms with Crippen LogP contribution < -0.4 is 10.6 Å². The van der Waals surface area contributed by atoms with Crippen molar-refractivity contribution in [3.8, 4) is 0 Å². The zero-order valence-corrected chi connectivity index (χ0v) is 13.0. The standard InChI is InChI=1S/C14H15BrN2OS/c1-16-14(18)8-10-4-2-3-5-12(10)17-9-13-11(15)6-7-19-13/h2-7,17H,8-9H2,1H3,(H,16,18). The molecule has 5 heteroatoms. The van der Waals surface area contributed by atoms with Gasteiger partial charge in [-0.3, -0.25) is 4.79 Å². The van der Waals surface area contributed by atoms with Gasteiger partial charge >= 0.3 is 0 Å². The van der Waals surface area contributed by atoms with Crippen molar-refractivity contribution < 1.29 is 4.79 Å². The van der Waals surface area contributed by atoms with E-state index in [0.717, 1.165) is 22.3 Å². The minimum Gasteiger partial charge on any atom is -0.380 e. The molecule has 100 valence electrons. The van der Waals surface area contributed by atoms with E-state index < -0.39 is 0 Å². The summed E-state index contributed by atoms with van der Waals surface area (Å²) in [5.74, 6) is 0.0200. The van der Waals surface area contributed by atoms with Crippen LogP contribution in [0.3, 0.4) is 0 Å². The van der Waals surface area contributed by atoms with Crippen molar-refractivity contribution in [1.29, 1.82) is 0 Å². The highest BCUT2D eigenvalue weighted by molar-refractivity contribution is 9.10. The molecule has 0 spiro atoms. The molecule has 2 aromatic rings. The van der Waals surface area contributed by atoms with E-state index in [1.807, 2.05) is 30.3 Å². The second kappa shape index (κ2) is 6.73. The predicted molar refractivity (Wildman–Crippen MR) is 83.6 cm³/mol. The summed E-state index contributed by atoms with van der Waals surface area (Å²) >= 11 is 5.22. The van der Waals surface area contributed by atoms with E-state index in [-0.39, 0.29) is 5.91 Å². The highest BCUT2D eigenvalue weighted by atomic mass is 79.9. The van der Waals surface area contributed by atoms with Gasteiger partial charge in [-0.25, -0.2) is 0 Å². The minimum atomic E-state index is 0.0200. The molecule has 0 aliphatic rings. The van der Waals surface area contributed by atoms with E-state index >= 15 is 0 Å². The fraction of sp³-hybridized carbons (Fsp3) is 0.214. The van der Waals surface area contributed by atoms with Crippen LogP contribution in [-0.2, 0) is 17.8 Å². The van der Waals surface area contributed by atoms with Crippen LogP contribution in [0.15, 0.2) is 40.2 Å². The van der Waals surface area contributed by atoms with Gasteiger partial charge in [0.25, 0.3) is 0 Å². The van der Waals surface area contributed by atoms with Crippen LogP contribution in [0.2, 0.25) is 0 Å². The lowest BCUT2D eigenvalue weighted by atomic mass is 10.1. The summed E-state index contributed by atoms with van der Waals surface area (Å²) in [5, 5.41) is 8.09. The van der Waals surface area contributed by atoms with Crippen molar-refractivity contribution in [2.45, 2.75) is 13.0 Å². The molecule has 0 fully saturated rings. The van der Waals surface area contributed by atoms with Crippen LogP contribution >= 0.6 is 27.3 Å².